The summed E-state index contributed by atoms with van der Waals surface area (Å²) >= 11 is 0. The van der Waals surface area contributed by atoms with Crippen molar-refractivity contribution in [2.24, 2.45) is 4.99 Å². The molecular formula is C16H20N2O3. The topological polar surface area (TPSA) is 51.1 Å². The SMILES string of the molecule is COc1ccc(N2CCOCC2)cc1C1(N=C=O)CCC1. The minimum absolute atomic E-state index is 0.435. The van der Waals surface area contributed by atoms with Gasteiger partial charge >= 0.3 is 0 Å². The Morgan fingerprint density at radius 2 is 2.10 bits per heavy atom. The highest BCUT2D eigenvalue weighted by atomic mass is 16.5. The lowest BCUT2D eigenvalue weighted by Crippen LogP contribution is -2.37. The molecule has 1 aromatic carbocycles. The molecular weight excluding hydrogens is 268 g/mol. The molecule has 21 heavy (non-hydrogen) atoms. The Bertz CT molecular complexity index is 557. The third-order valence-electron chi connectivity index (χ3n) is 4.50. The molecule has 1 aliphatic carbocycles. The zero-order chi connectivity index (χ0) is 14.7. The fourth-order valence-corrected chi connectivity index (χ4v) is 3.12. The lowest BCUT2D eigenvalue weighted by Gasteiger charge is -2.39. The van der Waals surface area contributed by atoms with E-state index in [-0.39, 0.29) is 0 Å². The normalized spacial score (nSPS) is 20.3. The van der Waals surface area contributed by atoms with E-state index in [1.807, 2.05) is 6.07 Å². The molecule has 0 radical (unpaired) electrons. The van der Waals surface area contributed by atoms with E-state index in [9.17, 15) is 4.79 Å². The number of hydrogen-bond donors (Lipinski definition) is 0. The van der Waals surface area contributed by atoms with Crippen molar-refractivity contribution in [3.63, 3.8) is 0 Å². The van der Waals surface area contributed by atoms with Crippen molar-refractivity contribution in [1.29, 1.82) is 0 Å². The average Bonchev–Trinajstić information content (AvgIpc) is 2.51. The van der Waals surface area contributed by atoms with Gasteiger partial charge < -0.3 is 14.4 Å². The lowest BCUT2D eigenvalue weighted by atomic mass is 9.72. The fourth-order valence-electron chi connectivity index (χ4n) is 3.12. The Kier molecular flexibility index (Phi) is 3.95. The number of morpholine rings is 1. The largest absolute Gasteiger partial charge is 0.496 e. The molecule has 1 saturated carbocycles. The van der Waals surface area contributed by atoms with Crippen LogP contribution in [0, 0.1) is 0 Å². The second kappa shape index (κ2) is 5.88. The van der Waals surface area contributed by atoms with Gasteiger partial charge in [0.2, 0.25) is 6.08 Å². The summed E-state index contributed by atoms with van der Waals surface area (Å²) in [6.45, 7) is 3.27. The average molecular weight is 288 g/mol. The van der Waals surface area contributed by atoms with Gasteiger partial charge in [-0.15, -0.1) is 0 Å². The van der Waals surface area contributed by atoms with Gasteiger partial charge in [0.15, 0.2) is 0 Å². The van der Waals surface area contributed by atoms with E-state index in [1.165, 1.54) is 0 Å². The van der Waals surface area contributed by atoms with Crippen LogP contribution >= 0.6 is 0 Å². The maximum Gasteiger partial charge on any atom is 0.235 e. The van der Waals surface area contributed by atoms with Crippen LogP contribution in [0.1, 0.15) is 24.8 Å². The molecule has 3 rings (SSSR count). The van der Waals surface area contributed by atoms with Gasteiger partial charge in [-0.05, 0) is 37.5 Å². The maximum absolute atomic E-state index is 10.8. The predicted octanol–water partition coefficient (Wildman–Crippen LogP) is 2.25. The molecule has 0 spiro atoms. The molecule has 0 bridgehead atoms. The first-order valence-corrected chi connectivity index (χ1v) is 7.39. The fraction of sp³-hybridized carbons (Fsp3) is 0.562. The van der Waals surface area contributed by atoms with Crippen LogP contribution in [0.4, 0.5) is 5.69 Å². The summed E-state index contributed by atoms with van der Waals surface area (Å²) in [5.41, 5.74) is 1.71. The summed E-state index contributed by atoms with van der Waals surface area (Å²) in [6, 6.07) is 6.15. The van der Waals surface area contributed by atoms with Gasteiger partial charge in [0, 0.05) is 24.3 Å². The molecule has 112 valence electrons. The molecule has 1 aliphatic heterocycles. The van der Waals surface area contributed by atoms with Gasteiger partial charge in [-0.2, -0.15) is 4.99 Å². The number of carbonyl (C=O) groups excluding carboxylic acids is 1. The van der Waals surface area contributed by atoms with Crippen molar-refractivity contribution < 1.29 is 14.3 Å². The Morgan fingerprint density at radius 3 is 2.67 bits per heavy atom. The van der Waals surface area contributed by atoms with Crippen LogP contribution < -0.4 is 9.64 Å². The molecule has 0 atom stereocenters. The van der Waals surface area contributed by atoms with Crippen LogP contribution in [-0.2, 0) is 15.1 Å². The number of hydrogen-bond acceptors (Lipinski definition) is 5. The van der Waals surface area contributed by atoms with Gasteiger partial charge in [-0.3, -0.25) is 0 Å². The van der Waals surface area contributed by atoms with E-state index in [1.54, 1.807) is 13.2 Å². The first-order chi connectivity index (χ1) is 10.3. The molecule has 1 heterocycles. The highest BCUT2D eigenvalue weighted by Crippen LogP contribution is 2.49. The third kappa shape index (κ3) is 2.55. The molecule has 0 aromatic heterocycles. The summed E-state index contributed by atoms with van der Waals surface area (Å²) < 4.78 is 10.9. The van der Waals surface area contributed by atoms with Gasteiger partial charge in [0.05, 0.1) is 20.3 Å². The Labute approximate surface area is 124 Å². The molecule has 0 N–H and O–H groups in total. The van der Waals surface area contributed by atoms with E-state index in [2.05, 4.69) is 22.0 Å². The molecule has 2 fully saturated rings. The van der Waals surface area contributed by atoms with Crippen molar-refractivity contribution in [1.82, 2.24) is 0 Å². The zero-order valence-corrected chi connectivity index (χ0v) is 12.3. The van der Waals surface area contributed by atoms with E-state index in [0.717, 1.165) is 62.6 Å². The molecule has 1 aromatic rings. The Balaban J connectivity index is 1.99. The molecule has 5 heteroatoms. The van der Waals surface area contributed by atoms with Gasteiger partial charge in [0.1, 0.15) is 11.3 Å². The lowest BCUT2D eigenvalue weighted by molar-refractivity contribution is 0.122. The summed E-state index contributed by atoms with van der Waals surface area (Å²) in [5, 5.41) is 0. The Hall–Kier alpha value is -1.84. The summed E-state index contributed by atoms with van der Waals surface area (Å²) in [4.78, 5) is 17.2. The summed E-state index contributed by atoms with van der Waals surface area (Å²) in [7, 11) is 1.66. The first-order valence-electron chi connectivity index (χ1n) is 7.39. The quantitative estimate of drug-likeness (QED) is 0.630. The minimum atomic E-state index is -0.435. The summed E-state index contributed by atoms with van der Waals surface area (Å²) in [6.07, 6.45) is 4.58. The number of anilines is 1. The molecule has 5 nitrogen and oxygen atoms in total. The monoisotopic (exact) mass is 288 g/mol. The van der Waals surface area contributed by atoms with Crippen LogP contribution in [-0.4, -0.2) is 39.5 Å². The van der Waals surface area contributed by atoms with E-state index in [0.29, 0.717) is 0 Å². The zero-order valence-electron chi connectivity index (χ0n) is 12.3. The van der Waals surface area contributed by atoms with Crippen molar-refractivity contribution >= 4 is 11.8 Å². The van der Waals surface area contributed by atoms with E-state index >= 15 is 0 Å². The smallest absolute Gasteiger partial charge is 0.235 e. The van der Waals surface area contributed by atoms with Gasteiger partial charge in [0.25, 0.3) is 0 Å². The highest BCUT2D eigenvalue weighted by molar-refractivity contribution is 5.57. The number of nitrogens with zero attached hydrogens (tertiary/aromatic N) is 2. The number of rotatable bonds is 4. The number of aliphatic imine (C=N–C) groups is 1. The molecule has 0 unspecified atom stereocenters. The molecule has 1 saturated heterocycles. The molecule has 2 aliphatic rings. The van der Waals surface area contributed by atoms with Gasteiger partial charge in [-0.1, -0.05) is 0 Å². The summed E-state index contributed by atoms with van der Waals surface area (Å²) in [5.74, 6) is 0.797. The van der Waals surface area contributed by atoms with Crippen LogP contribution in [0.15, 0.2) is 23.2 Å². The second-order valence-electron chi connectivity index (χ2n) is 5.57. The Morgan fingerprint density at radius 1 is 1.33 bits per heavy atom. The number of benzene rings is 1. The van der Waals surface area contributed by atoms with Crippen molar-refractivity contribution in [2.45, 2.75) is 24.8 Å². The maximum atomic E-state index is 10.8. The van der Waals surface area contributed by atoms with E-state index < -0.39 is 5.54 Å². The van der Waals surface area contributed by atoms with E-state index in [4.69, 9.17) is 9.47 Å². The predicted molar refractivity (Wildman–Crippen MR) is 79.7 cm³/mol. The van der Waals surface area contributed by atoms with Crippen LogP contribution in [0.5, 0.6) is 5.75 Å². The second-order valence-corrected chi connectivity index (χ2v) is 5.57. The van der Waals surface area contributed by atoms with Crippen molar-refractivity contribution in [3.8, 4) is 5.75 Å². The van der Waals surface area contributed by atoms with Crippen molar-refractivity contribution in [2.75, 3.05) is 38.3 Å². The highest BCUT2D eigenvalue weighted by Gasteiger charge is 2.41. The van der Waals surface area contributed by atoms with Crippen LogP contribution in [0.3, 0.4) is 0 Å². The van der Waals surface area contributed by atoms with Crippen LogP contribution in [0.25, 0.3) is 0 Å². The number of methoxy groups -OCH3 is 1. The van der Waals surface area contributed by atoms with Gasteiger partial charge in [-0.25, -0.2) is 4.79 Å². The number of ether oxygens (including phenoxy) is 2. The third-order valence-corrected chi connectivity index (χ3v) is 4.50. The number of isocyanates is 1. The van der Waals surface area contributed by atoms with Crippen LogP contribution in [0.2, 0.25) is 0 Å². The van der Waals surface area contributed by atoms with Crippen molar-refractivity contribution in [3.05, 3.63) is 23.8 Å². The standard InChI is InChI=1S/C16H20N2O3/c1-20-15-4-3-13(18-7-9-21-10-8-18)11-14(15)16(17-12-19)5-2-6-16/h3-4,11H,2,5-10H2,1H3. The minimum Gasteiger partial charge on any atom is -0.496 e. The first kappa shape index (κ1) is 14.1. The molecule has 0 amide bonds.